The molecule has 0 atom stereocenters. The van der Waals surface area contributed by atoms with Crippen molar-refractivity contribution >= 4 is 40.1 Å². The molecule has 1 N–H and O–H groups in total. The van der Waals surface area contributed by atoms with E-state index in [1.807, 2.05) is 35.9 Å². The number of benzene rings is 2. The number of aromatic nitrogens is 2. The largest absolute Gasteiger partial charge is 0.334 e. The molecule has 0 saturated heterocycles. The fourth-order valence-corrected chi connectivity index (χ4v) is 2.99. The van der Waals surface area contributed by atoms with Crippen LogP contribution in [-0.2, 0) is 18.4 Å². The number of para-hydroxylation sites is 2. The van der Waals surface area contributed by atoms with Crippen LogP contribution in [0.1, 0.15) is 23.1 Å². The Labute approximate surface area is 156 Å². The summed E-state index contributed by atoms with van der Waals surface area (Å²) in [6.45, 7) is 1.75. The van der Waals surface area contributed by atoms with Gasteiger partial charge in [0.2, 0.25) is 5.91 Å². The van der Waals surface area contributed by atoms with E-state index < -0.39 is 0 Å². The molecule has 0 saturated carbocycles. The quantitative estimate of drug-likeness (QED) is 0.764. The first-order valence-electron chi connectivity index (χ1n) is 8.09. The van der Waals surface area contributed by atoms with Crippen molar-refractivity contribution in [2.45, 2.75) is 13.5 Å². The first-order chi connectivity index (χ1) is 12.4. The van der Waals surface area contributed by atoms with E-state index in [0.717, 1.165) is 16.9 Å². The van der Waals surface area contributed by atoms with Crippen LogP contribution in [0.4, 0.5) is 5.69 Å². The average molecular weight is 371 g/mol. The molecule has 0 radical (unpaired) electrons. The first kappa shape index (κ1) is 17.9. The Hall–Kier alpha value is -2.86. The fourth-order valence-electron chi connectivity index (χ4n) is 2.80. The third kappa shape index (κ3) is 3.55. The van der Waals surface area contributed by atoms with Gasteiger partial charge in [0.15, 0.2) is 0 Å². The van der Waals surface area contributed by atoms with Gasteiger partial charge in [0, 0.05) is 26.7 Å². The highest BCUT2D eigenvalue weighted by Gasteiger charge is 2.18. The molecule has 26 heavy (non-hydrogen) atoms. The number of anilines is 1. The second-order valence-corrected chi connectivity index (χ2v) is 6.52. The number of amides is 2. The summed E-state index contributed by atoms with van der Waals surface area (Å²) in [4.78, 5) is 30.2. The van der Waals surface area contributed by atoms with Crippen LogP contribution in [0.5, 0.6) is 0 Å². The highest BCUT2D eigenvalue weighted by molar-refractivity contribution is 6.34. The summed E-state index contributed by atoms with van der Waals surface area (Å²) in [7, 11) is 3.62. The highest BCUT2D eigenvalue weighted by atomic mass is 35.5. The predicted octanol–water partition coefficient (Wildman–Crippen LogP) is 3.46. The smallest absolute Gasteiger partial charge is 0.255 e. The zero-order valence-electron chi connectivity index (χ0n) is 14.8. The molecule has 0 aliphatic carbocycles. The Morgan fingerprint density at radius 3 is 2.65 bits per heavy atom. The zero-order chi connectivity index (χ0) is 18.8. The van der Waals surface area contributed by atoms with Gasteiger partial charge in [-0.3, -0.25) is 9.59 Å². The first-order valence-corrected chi connectivity index (χ1v) is 8.47. The van der Waals surface area contributed by atoms with E-state index in [1.165, 1.54) is 6.92 Å². The summed E-state index contributed by atoms with van der Waals surface area (Å²) >= 11 is 6.19. The second kappa shape index (κ2) is 7.17. The highest BCUT2D eigenvalue weighted by Crippen LogP contribution is 2.23. The van der Waals surface area contributed by atoms with Gasteiger partial charge in [-0.15, -0.1) is 0 Å². The number of fused-ring (bicyclic) bond motifs is 1. The summed E-state index contributed by atoms with van der Waals surface area (Å²) < 4.78 is 1.97. The van der Waals surface area contributed by atoms with Crippen LogP contribution in [0, 0.1) is 0 Å². The van der Waals surface area contributed by atoms with Crippen LogP contribution in [0.15, 0.2) is 42.5 Å². The topological polar surface area (TPSA) is 67.2 Å². The van der Waals surface area contributed by atoms with Crippen LogP contribution in [0.3, 0.4) is 0 Å². The zero-order valence-corrected chi connectivity index (χ0v) is 15.5. The maximum atomic E-state index is 12.8. The van der Waals surface area contributed by atoms with E-state index in [0.29, 0.717) is 22.8 Å². The average Bonchev–Trinajstić information content (AvgIpc) is 2.92. The van der Waals surface area contributed by atoms with Crippen LogP contribution in [0.25, 0.3) is 11.0 Å². The van der Waals surface area contributed by atoms with Crippen molar-refractivity contribution in [1.82, 2.24) is 14.5 Å². The Morgan fingerprint density at radius 2 is 1.96 bits per heavy atom. The standard InChI is InChI=1S/C19H19ClN4O2/c1-12(25)21-13-8-9-15(20)14(10-13)19(26)23(2)11-18-22-16-6-4-5-7-17(16)24(18)3/h4-10H,11H2,1-3H3,(H,21,25). The van der Waals surface area contributed by atoms with Crippen molar-refractivity contribution < 1.29 is 9.59 Å². The maximum absolute atomic E-state index is 12.8. The van der Waals surface area contributed by atoms with Gasteiger partial charge in [0.1, 0.15) is 5.82 Å². The molecular weight excluding hydrogens is 352 g/mol. The predicted molar refractivity (Wildman–Crippen MR) is 102 cm³/mol. The number of hydrogen-bond acceptors (Lipinski definition) is 3. The minimum Gasteiger partial charge on any atom is -0.334 e. The van der Waals surface area contributed by atoms with Crippen LogP contribution >= 0.6 is 11.6 Å². The molecule has 3 rings (SSSR count). The number of rotatable bonds is 4. The lowest BCUT2D eigenvalue weighted by atomic mass is 10.1. The normalized spacial score (nSPS) is 10.8. The van der Waals surface area contributed by atoms with Gasteiger partial charge < -0.3 is 14.8 Å². The van der Waals surface area contributed by atoms with E-state index in [1.54, 1.807) is 30.1 Å². The van der Waals surface area contributed by atoms with Crippen LogP contribution in [-0.4, -0.2) is 33.3 Å². The van der Waals surface area contributed by atoms with Gasteiger partial charge >= 0.3 is 0 Å². The van der Waals surface area contributed by atoms with Crippen LogP contribution < -0.4 is 5.32 Å². The van der Waals surface area contributed by atoms with Crippen molar-refractivity contribution in [1.29, 1.82) is 0 Å². The van der Waals surface area contributed by atoms with Gasteiger partial charge in [-0.1, -0.05) is 23.7 Å². The van der Waals surface area contributed by atoms with E-state index in [4.69, 9.17) is 11.6 Å². The molecule has 2 aromatic carbocycles. The summed E-state index contributed by atoms with van der Waals surface area (Å²) in [5, 5.41) is 2.99. The lowest BCUT2D eigenvalue weighted by Crippen LogP contribution is -2.28. The van der Waals surface area contributed by atoms with E-state index >= 15 is 0 Å². The second-order valence-electron chi connectivity index (χ2n) is 6.11. The summed E-state index contributed by atoms with van der Waals surface area (Å²) in [6, 6.07) is 12.7. The number of nitrogens with one attached hydrogen (secondary N) is 1. The van der Waals surface area contributed by atoms with Gasteiger partial charge in [-0.2, -0.15) is 0 Å². The Bertz CT molecular complexity index is 996. The van der Waals surface area contributed by atoms with Crippen molar-refractivity contribution in [3.05, 3.63) is 58.9 Å². The number of halogens is 1. The van der Waals surface area contributed by atoms with E-state index in [2.05, 4.69) is 10.3 Å². The maximum Gasteiger partial charge on any atom is 0.255 e. The molecule has 0 bridgehead atoms. The number of hydrogen-bond donors (Lipinski definition) is 1. The van der Waals surface area contributed by atoms with Crippen molar-refractivity contribution in [3.8, 4) is 0 Å². The SMILES string of the molecule is CC(=O)Nc1ccc(Cl)c(C(=O)N(C)Cc2nc3ccccc3n2C)c1. The molecule has 0 aliphatic heterocycles. The molecule has 0 unspecified atom stereocenters. The number of carbonyl (C=O) groups excluding carboxylic acids is 2. The molecule has 134 valence electrons. The monoisotopic (exact) mass is 370 g/mol. The summed E-state index contributed by atoms with van der Waals surface area (Å²) in [5.41, 5.74) is 2.76. The molecule has 0 fully saturated rings. The molecule has 7 heteroatoms. The van der Waals surface area contributed by atoms with Crippen LogP contribution in [0.2, 0.25) is 5.02 Å². The number of nitrogens with zero attached hydrogens (tertiary/aromatic N) is 3. The molecule has 0 spiro atoms. The van der Waals surface area contributed by atoms with Gasteiger partial charge in [-0.05, 0) is 30.3 Å². The van der Waals surface area contributed by atoms with Crippen molar-refractivity contribution in [2.75, 3.05) is 12.4 Å². The summed E-state index contributed by atoms with van der Waals surface area (Å²) in [6.07, 6.45) is 0. The van der Waals surface area contributed by atoms with E-state index in [-0.39, 0.29) is 11.8 Å². The molecule has 3 aromatic rings. The Morgan fingerprint density at radius 1 is 1.23 bits per heavy atom. The lowest BCUT2D eigenvalue weighted by Gasteiger charge is -2.18. The van der Waals surface area contributed by atoms with Gasteiger partial charge in [0.05, 0.1) is 28.2 Å². The number of carbonyl (C=O) groups is 2. The minimum atomic E-state index is -0.241. The number of aryl methyl sites for hydroxylation is 1. The molecule has 1 heterocycles. The minimum absolute atomic E-state index is 0.209. The molecule has 1 aromatic heterocycles. The molecule has 0 aliphatic rings. The Balaban J connectivity index is 1.85. The van der Waals surface area contributed by atoms with Crippen molar-refractivity contribution in [2.24, 2.45) is 7.05 Å². The molecule has 2 amide bonds. The Kier molecular flexibility index (Phi) is 4.95. The summed E-state index contributed by atoms with van der Waals surface area (Å²) in [5.74, 6) is 0.323. The number of imidazole rings is 1. The molecular formula is C19H19ClN4O2. The third-order valence-electron chi connectivity index (χ3n) is 4.12. The van der Waals surface area contributed by atoms with Gasteiger partial charge in [0.25, 0.3) is 5.91 Å². The fraction of sp³-hybridized carbons (Fsp3) is 0.211. The van der Waals surface area contributed by atoms with Crippen molar-refractivity contribution in [3.63, 3.8) is 0 Å². The third-order valence-corrected chi connectivity index (χ3v) is 4.45. The van der Waals surface area contributed by atoms with Gasteiger partial charge in [-0.25, -0.2) is 4.98 Å². The lowest BCUT2D eigenvalue weighted by molar-refractivity contribution is -0.114. The van der Waals surface area contributed by atoms with E-state index in [9.17, 15) is 9.59 Å². The molecule has 6 nitrogen and oxygen atoms in total.